The van der Waals surface area contributed by atoms with Gasteiger partial charge in [0.2, 0.25) is 0 Å². The first-order valence-corrected chi connectivity index (χ1v) is 6.23. The Morgan fingerprint density at radius 1 is 1.42 bits per heavy atom. The molecule has 0 atom stereocenters. The van der Waals surface area contributed by atoms with Crippen molar-refractivity contribution in [1.29, 1.82) is 0 Å². The van der Waals surface area contributed by atoms with Gasteiger partial charge in [0.15, 0.2) is 5.84 Å². The number of halogens is 3. The molecular formula is C11H11F3N2O2S. The highest BCUT2D eigenvalue weighted by molar-refractivity contribution is 8.00. The maximum atomic E-state index is 12.9. The molecular weight excluding hydrogens is 281 g/mol. The molecule has 0 radical (unpaired) electrons. The Labute approximate surface area is 111 Å². The van der Waals surface area contributed by atoms with Crippen LogP contribution in [-0.4, -0.2) is 29.5 Å². The first kappa shape index (κ1) is 14.0. The molecule has 0 spiro atoms. The molecule has 19 heavy (non-hydrogen) atoms. The van der Waals surface area contributed by atoms with Crippen molar-refractivity contribution in [2.24, 2.45) is 10.9 Å². The maximum Gasteiger partial charge on any atom is 0.417 e. The molecule has 1 aliphatic rings. The molecule has 1 heterocycles. The molecule has 0 amide bonds. The molecule has 0 aliphatic carbocycles. The van der Waals surface area contributed by atoms with E-state index in [0.29, 0.717) is 18.1 Å². The molecule has 1 saturated heterocycles. The average molecular weight is 292 g/mol. The molecule has 0 aromatic heterocycles. The predicted octanol–water partition coefficient (Wildman–Crippen LogP) is 2.29. The van der Waals surface area contributed by atoms with Gasteiger partial charge in [-0.25, -0.2) is 0 Å². The number of thioether (sulfide) groups is 1. The summed E-state index contributed by atoms with van der Waals surface area (Å²) in [6.07, 6.45) is -4.56. The fourth-order valence-electron chi connectivity index (χ4n) is 1.58. The Kier molecular flexibility index (Phi) is 3.91. The summed E-state index contributed by atoms with van der Waals surface area (Å²) < 4.78 is 43.8. The van der Waals surface area contributed by atoms with E-state index in [1.54, 1.807) is 0 Å². The van der Waals surface area contributed by atoms with Gasteiger partial charge in [-0.05, 0) is 18.2 Å². The van der Waals surface area contributed by atoms with E-state index in [9.17, 15) is 13.2 Å². The third kappa shape index (κ3) is 3.13. The van der Waals surface area contributed by atoms with Gasteiger partial charge in [0, 0.05) is 10.5 Å². The van der Waals surface area contributed by atoms with Crippen molar-refractivity contribution in [2.45, 2.75) is 16.3 Å². The topological polar surface area (TPSA) is 67.8 Å². The second-order valence-electron chi connectivity index (χ2n) is 3.97. The maximum absolute atomic E-state index is 12.9. The lowest BCUT2D eigenvalue weighted by Gasteiger charge is -2.25. The van der Waals surface area contributed by atoms with Crippen LogP contribution >= 0.6 is 11.8 Å². The standard InChI is InChI=1S/C11H11F3N2O2S/c12-11(13,14)9-3-6(19-7-4-18-5-7)1-2-8(9)10(15)16-17/h1-3,7,17H,4-5H2,(H2,15,16). The summed E-state index contributed by atoms with van der Waals surface area (Å²) in [5.74, 6) is -0.559. The van der Waals surface area contributed by atoms with Crippen molar-refractivity contribution in [3.05, 3.63) is 29.3 Å². The van der Waals surface area contributed by atoms with Gasteiger partial charge < -0.3 is 15.7 Å². The van der Waals surface area contributed by atoms with Crippen molar-refractivity contribution in [2.75, 3.05) is 13.2 Å². The van der Waals surface area contributed by atoms with Gasteiger partial charge in [0.1, 0.15) is 0 Å². The zero-order chi connectivity index (χ0) is 14.0. The minimum absolute atomic E-state index is 0.177. The van der Waals surface area contributed by atoms with Crippen LogP contribution in [0, 0.1) is 0 Å². The van der Waals surface area contributed by atoms with Crippen LogP contribution in [0.4, 0.5) is 13.2 Å². The van der Waals surface area contributed by atoms with Crippen LogP contribution in [0.3, 0.4) is 0 Å². The van der Waals surface area contributed by atoms with Gasteiger partial charge in [0.05, 0.1) is 24.0 Å². The molecule has 2 rings (SSSR count). The molecule has 0 saturated carbocycles. The highest BCUT2D eigenvalue weighted by Crippen LogP contribution is 2.36. The van der Waals surface area contributed by atoms with E-state index in [1.165, 1.54) is 23.9 Å². The molecule has 104 valence electrons. The molecule has 1 fully saturated rings. The van der Waals surface area contributed by atoms with Gasteiger partial charge in [-0.3, -0.25) is 0 Å². The van der Waals surface area contributed by atoms with Gasteiger partial charge in [-0.2, -0.15) is 13.2 Å². The minimum atomic E-state index is -4.56. The Balaban J connectivity index is 2.35. The van der Waals surface area contributed by atoms with Crippen molar-refractivity contribution >= 4 is 17.6 Å². The van der Waals surface area contributed by atoms with Crippen molar-refractivity contribution in [3.8, 4) is 0 Å². The molecule has 0 bridgehead atoms. The van der Waals surface area contributed by atoms with E-state index >= 15 is 0 Å². The summed E-state index contributed by atoms with van der Waals surface area (Å²) in [6.45, 7) is 1.07. The van der Waals surface area contributed by atoms with Crippen LogP contribution < -0.4 is 5.73 Å². The predicted molar refractivity (Wildman–Crippen MR) is 64.4 cm³/mol. The van der Waals surface area contributed by atoms with Gasteiger partial charge in [-0.15, -0.1) is 11.8 Å². The second-order valence-corrected chi connectivity index (χ2v) is 5.34. The largest absolute Gasteiger partial charge is 0.417 e. The molecule has 1 aromatic rings. The van der Waals surface area contributed by atoms with Gasteiger partial charge in [0.25, 0.3) is 0 Å². The Bertz CT molecular complexity index is 501. The highest BCUT2D eigenvalue weighted by atomic mass is 32.2. The van der Waals surface area contributed by atoms with Crippen LogP contribution in [0.15, 0.2) is 28.3 Å². The van der Waals surface area contributed by atoms with E-state index in [4.69, 9.17) is 15.7 Å². The zero-order valence-corrected chi connectivity index (χ0v) is 10.5. The van der Waals surface area contributed by atoms with Gasteiger partial charge in [-0.1, -0.05) is 5.16 Å². The number of hydrogen-bond acceptors (Lipinski definition) is 4. The number of benzene rings is 1. The van der Waals surface area contributed by atoms with Crippen LogP contribution in [0.25, 0.3) is 0 Å². The monoisotopic (exact) mass is 292 g/mol. The molecule has 1 aromatic carbocycles. The third-order valence-corrected chi connectivity index (χ3v) is 3.72. The van der Waals surface area contributed by atoms with E-state index in [0.717, 1.165) is 6.07 Å². The van der Waals surface area contributed by atoms with Crippen LogP contribution in [-0.2, 0) is 10.9 Å². The van der Waals surface area contributed by atoms with E-state index in [-0.39, 0.29) is 10.8 Å². The van der Waals surface area contributed by atoms with E-state index in [1.807, 2.05) is 0 Å². The molecule has 4 nitrogen and oxygen atoms in total. The molecule has 3 N–H and O–H groups in total. The Morgan fingerprint density at radius 3 is 2.58 bits per heavy atom. The van der Waals surface area contributed by atoms with Crippen molar-refractivity contribution in [3.63, 3.8) is 0 Å². The number of hydrogen-bond donors (Lipinski definition) is 2. The minimum Gasteiger partial charge on any atom is -0.409 e. The quantitative estimate of drug-likeness (QED) is 0.388. The highest BCUT2D eigenvalue weighted by Gasteiger charge is 2.35. The lowest BCUT2D eigenvalue weighted by Crippen LogP contribution is -2.30. The van der Waals surface area contributed by atoms with Crippen molar-refractivity contribution < 1.29 is 23.1 Å². The number of alkyl halides is 3. The summed E-state index contributed by atoms with van der Waals surface area (Å²) in [6, 6.07) is 3.74. The van der Waals surface area contributed by atoms with Gasteiger partial charge >= 0.3 is 6.18 Å². The zero-order valence-electron chi connectivity index (χ0n) is 9.65. The van der Waals surface area contributed by atoms with Crippen LogP contribution in [0.5, 0.6) is 0 Å². The van der Waals surface area contributed by atoms with Crippen molar-refractivity contribution in [1.82, 2.24) is 0 Å². The molecule has 1 aliphatic heterocycles. The smallest absolute Gasteiger partial charge is 0.409 e. The summed E-state index contributed by atoms with van der Waals surface area (Å²) in [4.78, 5) is 0.482. The summed E-state index contributed by atoms with van der Waals surface area (Å²) in [7, 11) is 0. The fraction of sp³-hybridized carbons (Fsp3) is 0.364. The normalized spacial score (nSPS) is 17.3. The number of rotatable bonds is 3. The number of nitrogens with two attached hydrogens (primary N) is 1. The number of ether oxygens (including phenoxy) is 1. The SMILES string of the molecule is NC(=NO)c1ccc(SC2COC2)cc1C(F)(F)F. The second kappa shape index (κ2) is 5.30. The van der Waals surface area contributed by atoms with Crippen LogP contribution in [0.1, 0.15) is 11.1 Å². The Hall–Kier alpha value is -1.41. The average Bonchev–Trinajstić information content (AvgIpc) is 2.31. The lowest BCUT2D eigenvalue weighted by molar-refractivity contribution is -0.137. The molecule has 0 unspecified atom stereocenters. The molecule has 8 heteroatoms. The van der Waals surface area contributed by atoms with Crippen LogP contribution in [0.2, 0.25) is 0 Å². The number of oxime groups is 1. The van der Waals surface area contributed by atoms with E-state index in [2.05, 4.69) is 5.16 Å². The Morgan fingerprint density at radius 2 is 2.11 bits per heavy atom. The first-order chi connectivity index (χ1) is 8.91. The lowest BCUT2D eigenvalue weighted by atomic mass is 10.1. The fourth-order valence-corrected chi connectivity index (χ4v) is 2.63. The number of amidine groups is 1. The summed E-state index contributed by atoms with van der Waals surface area (Å²) >= 11 is 1.32. The number of nitrogens with zero attached hydrogens (tertiary/aromatic N) is 1. The first-order valence-electron chi connectivity index (χ1n) is 5.35. The summed E-state index contributed by atoms with van der Waals surface area (Å²) in [5, 5.41) is 11.3. The van der Waals surface area contributed by atoms with E-state index < -0.39 is 17.6 Å². The third-order valence-electron chi connectivity index (χ3n) is 2.59. The summed E-state index contributed by atoms with van der Waals surface area (Å²) in [5.41, 5.74) is 4.01.